The smallest absolute Gasteiger partial charge is 0.256 e. The van der Waals surface area contributed by atoms with E-state index in [4.69, 9.17) is 9.47 Å². The van der Waals surface area contributed by atoms with Crippen LogP contribution in [0.4, 0.5) is 5.69 Å². The summed E-state index contributed by atoms with van der Waals surface area (Å²) >= 11 is 0. The molecule has 0 bridgehead atoms. The van der Waals surface area contributed by atoms with Crippen LogP contribution in [0.5, 0.6) is 5.75 Å². The molecule has 2 aliphatic rings. The molecule has 30 heavy (non-hydrogen) atoms. The van der Waals surface area contributed by atoms with Crippen LogP contribution in [0.25, 0.3) is 0 Å². The van der Waals surface area contributed by atoms with Crippen LogP contribution in [0.15, 0.2) is 24.3 Å². The maximum absolute atomic E-state index is 13.1. The predicted octanol–water partition coefficient (Wildman–Crippen LogP) is 5.26. The molecule has 5 heteroatoms. The number of amides is 1. The van der Waals surface area contributed by atoms with E-state index in [-0.39, 0.29) is 5.91 Å². The van der Waals surface area contributed by atoms with E-state index in [1.54, 1.807) is 0 Å². The Bertz CT molecular complexity index is 640. The SMILES string of the molecule is CCCO[C@@]1(C(=O)Nc2ccc(OCCN3CCCCCC3)cc2)CCC[C@H](C)C1. The van der Waals surface area contributed by atoms with Gasteiger partial charge in [-0.25, -0.2) is 0 Å². The highest BCUT2D eigenvalue weighted by molar-refractivity contribution is 5.97. The van der Waals surface area contributed by atoms with Gasteiger partial charge in [0.15, 0.2) is 0 Å². The van der Waals surface area contributed by atoms with E-state index in [0.717, 1.165) is 43.7 Å². The fourth-order valence-electron chi connectivity index (χ4n) is 4.74. The first-order chi connectivity index (χ1) is 14.6. The number of nitrogens with zero attached hydrogens (tertiary/aromatic N) is 1. The van der Waals surface area contributed by atoms with E-state index in [1.165, 1.54) is 45.2 Å². The molecule has 1 aromatic rings. The molecule has 168 valence electrons. The lowest BCUT2D eigenvalue weighted by Gasteiger charge is -2.38. The number of carbonyl (C=O) groups excluding carboxylic acids is 1. The summed E-state index contributed by atoms with van der Waals surface area (Å²) in [5, 5.41) is 3.10. The number of ether oxygens (including phenoxy) is 2. The lowest BCUT2D eigenvalue weighted by atomic mass is 9.78. The second-order valence-electron chi connectivity index (χ2n) is 9.13. The van der Waals surface area contributed by atoms with E-state index < -0.39 is 5.60 Å². The Morgan fingerprint density at radius 1 is 1.10 bits per heavy atom. The maximum Gasteiger partial charge on any atom is 0.256 e. The standard InChI is InChI=1S/C25H40N2O3/c1-3-18-30-25(14-8-9-21(2)20-25)24(28)26-22-10-12-23(13-11-22)29-19-17-27-15-6-4-5-7-16-27/h10-13,21H,3-9,14-20H2,1-2H3,(H,26,28)/t21-,25-/m0/s1. The Balaban J connectivity index is 1.50. The normalized spacial score (nSPS) is 25.5. The van der Waals surface area contributed by atoms with Crippen LogP contribution in [-0.4, -0.2) is 49.3 Å². The van der Waals surface area contributed by atoms with Gasteiger partial charge in [-0.05, 0) is 81.8 Å². The fraction of sp³-hybridized carbons (Fsp3) is 0.720. The van der Waals surface area contributed by atoms with Gasteiger partial charge in [-0.15, -0.1) is 0 Å². The molecule has 2 fully saturated rings. The molecule has 2 atom stereocenters. The van der Waals surface area contributed by atoms with Crippen LogP contribution in [0.1, 0.15) is 71.6 Å². The number of likely N-dealkylation sites (tertiary alicyclic amines) is 1. The lowest BCUT2D eigenvalue weighted by Crippen LogP contribution is -2.48. The Morgan fingerprint density at radius 2 is 1.83 bits per heavy atom. The van der Waals surface area contributed by atoms with E-state index in [1.807, 2.05) is 24.3 Å². The first-order valence-corrected chi connectivity index (χ1v) is 12.0. The van der Waals surface area contributed by atoms with Crippen molar-refractivity contribution in [3.05, 3.63) is 24.3 Å². The quantitative estimate of drug-likeness (QED) is 0.597. The molecule has 1 heterocycles. The molecule has 5 nitrogen and oxygen atoms in total. The van der Waals surface area contributed by atoms with E-state index >= 15 is 0 Å². The van der Waals surface area contributed by atoms with Crippen molar-refractivity contribution in [2.45, 2.75) is 77.2 Å². The lowest BCUT2D eigenvalue weighted by molar-refractivity contribution is -0.148. The van der Waals surface area contributed by atoms with E-state index in [9.17, 15) is 4.79 Å². The average Bonchev–Trinajstić information content (AvgIpc) is 3.02. The largest absolute Gasteiger partial charge is 0.492 e. The van der Waals surface area contributed by atoms with Crippen LogP contribution >= 0.6 is 0 Å². The van der Waals surface area contributed by atoms with Crippen LogP contribution in [-0.2, 0) is 9.53 Å². The molecule has 1 aliphatic carbocycles. The predicted molar refractivity (Wildman–Crippen MR) is 122 cm³/mol. The van der Waals surface area contributed by atoms with Gasteiger partial charge in [-0.1, -0.05) is 33.1 Å². The van der Waals surface area contributed by atoms with Crippen LogP contribution in [0.3, 0.4) is 0 Å². The Kier molecular flexibility index (Phi) is 9.01. The topological polar surface area (TPSA) is 50.8 Å². The van der Waals surface area contributed by atoms with E-state index in [0.29, 0.717) is 19.1 Å². The van der Waals surface area contributed by atoms with Gasteiger partial charge >= 0.3 is 0 Å². The van der Waals surface area contributed by atoms with Crippen molar-refractivity contribution in [1.29, 1.82) is 0 Å². The molecule has 1 amide bonds. The van der Waals surface area contributed by atoms with Gasteiger partial charge < -0.3 is 14.8 Å². The molecule has 0 aromatic heterocycles. The number of carbonyl (C=O) groups is 1. The zero-order valence-corrected chi connectivity index (χ0v) is 19.0. The van der Waals surface area contributed by atoms with Crippen molar-refractivity contribution >= 4 is 11.6 Å². The highest BCUT2D eigenvalue weighted by Crippen LogP contribution is 2.36. The number of hydrogen-bond acceptors (Lipinski definition) is 4. The number of anilines is 1. The summed E-state index contributed by atoms with van der Waals surface area (Å²) in [6.07, 6.45) is 10.1. The molecule has 0 radical (unpaired) electrons. The zero-order chi connectivity index (χ0) is 21.2. The Labute approximate surface area is 182 Å². The van der Waals surface area contributed by atoms with Crippen molar-refractivity contribution in [1.82, 2.24) is 4.90 Å². The average molecular weight is 417 g/mol. The highest BCUT2D eigenvalue weighted by atomic mass is 16.5. The minimum atomic E-state index is -0.685. The number of benzene rings is 1. The highest BCUT2D eigenvalue weighted by Gasteiger charge is 2.42. The third kappa shape index (κ3) is 6.71. The van der Waals surface area contributed by atoms with Gasteiger partial charge in [-0.2, -0.15) is 0 Å². The van der Waals surface area contributed by atoms with Crippen molar-refractivity contribution in [3.8, 4) is 5.75 Å². The monoisotopic (exact) mass is 416 g/mol. The van der Waals surface area contributed by atoms with Crippen LogP contribution in [0.2, 0.25) is 0 Å². The van der Waals surface area contributed by atoms with Crippen LogP contribution < -0.4 is 10.1 Å². The van der Waals surface area contributed by atoms with Crippen LogP contribution in [0, 0.1) is 5.92 Å². The molecule has 0 spiro atoms. The van der Waals surface area contributed by atoms with Crippen molar-refractivity contribution in [3.63, 3.8) is 0 Å². The third-order valence-electron chi connectivity index (χ3n) is 6.44. The summed E-state index contributed by atoms with van der Waals surface area (Å²) in [6.45, 7) is 9.00. The molecule has 1 saturated heterocycles. The molecule has 1 saturated carbocycles. The fourth-order valence-corrected chi connectivity index (χ4v) is 4.74. The molecular formula is C25H40N2O3. The van der Waals surface area contributed by atoms with Gasteiger partial charge in [0.1, 0.15) is 18.0 Å². The summed E-state index contributed by atoms with van der Waals surface area (Å²) < 4.78 is 12.1. The summed E-state index contributed by atoms with van der Waals surface area (Å²) in [5.41, 5.74) is 0.119. The minimum absolute atomic E-state index is 0.00247. The summed E-state index contributed by atoms with van der Waals surface area (Å²) in [6, 6.07) is 7.75. The van der Waals surface area contributed by atoms with Crippen molar-refractivity contribution in [2.75, 3.05) is 38.2 Å². The van der Waals surface area contributed by atoms with Gasteiger partial charge in [0.2, 0.25) is 0 Å². The third-order valence-corrected chi connectivity index (χ3v) is 6.44. The number of nitrogens with one attached hydrogen (secondary N) is 1. The first kappa shape index (κ1) is 23.1. The molecule has 1 N–H and O–H groups in total. The molecule has 1 aromatic carbocycles. The second kappa shape index (κ2) is 11.7. The molecule has 3 rings (SSSR count). The summed E-state index contributed by atoms with van der Waals surface area (Å²) in [5.74, 6) is 1.37. The Hall–Kier alpha value is -1.59. The number of hydrogen-bond donors (Lipinski definition) is 1. The Morgan fingerprint density at radius 3 is 2.50 bits per heavy atom. The van der Waals surface area contributed by atoms with Gasteiger partial charge in [0, 0.05) is 18.8 Å². The van der Waals surface area contributed by atoms with E-state index in [2.05, 4.69) is 24.1 Å². The maximum atomic E-state index is 13.1. The zero-order valence-electron chi connectivity index (χ0n) is 19.0. The number of rotatable bonds is 9. The van der Waals surface area contributed by atoms with Crippen molar-refractivity contribution < 1.29 is 14.3 Å². The summed E-state index contributed by atoms with van der Waals surface area (Å²) in [7, 11) is 0. The molecule has 1 aliphatic heterocycles. The second-order valence-corrected chi connectivity index (χ2v) is 9.13. The first-order valence-electron chi connectivity index (χ1n) is 12.0. The molecular weight excluding hydrogens is 376 g/mol. The van der Waals surface area contributed by atoms with Crippen molar-refractivity contribution in [2.24, 2.45) is 5.92 Å². The van der Waals surface area contributed by atoms with Gasteiger partial charge in [-0.3, -0.25) is 9.69 Å². The van der Waals surface area contributed by atoms with Gasteiger partial charge in [0.25, 0.3) is 5.91 Å². The van der Waals surface area contributed by atoms with Gasteiger partial charge in [0.05, 0.1) is 0 Å². The molecule has 0 unspecified atom stereocenters. The summed E-state index contributed by atoms with van der Waals surface area (Å²) in [4.78, 5) is 15.6. The minimum Gasteiger partial charge on any atom is -0.492 e.